The average Bonchev–Trinajstić information content (AvgIpc) is 3.17. The summed E-state index contributed by atoms with van der Waals surface area (Å²) in [6.07, 6.45) is 1.58. The number of hydrogen-bond donors (Lipinski definition) is 4. The van der Waals surface area contributed by atoms with E-state index in [2.05, 4.69) is 25.5 Å². The molecule has 0 aliphatic heterocycles. The predicted molar refractivity (Wildman–Crippen MR) is 214 cm³/mol. The molecule has 0 spiro atoms. The van der Waals surface area contributed by atoms with E-state index in [1.54, 1.807) is 80.0 Å². The van der Waals surface area contributed by atoms with Crippen LogP contribution in [0.5, 0.6) is 17.2 Å². The quantitative estimate of drug-likeness (QED) is 0.0921. The number of amides is 2. The maximum absolute atomic E-state index is 12.5. The van der Waals surface area contributed by atoms with Gasteiger partial charge in [-0.15, -0.1) is 0 Å². The number of carbonyl (C=O) groups excluding carboxylic acids is 1. The number of aliphatic imine (C=N–C) groups is 2. The van der Waals surface area contributed by atoms with Gasteiger partial charge in [0.1, 0.15) is 17.2 Å². The molecule has 0 atom stereocenters. The van der Waals surface area contributed by atoms with Crippen LogP contribution in [0.4, 0.5) is 49.4 Å². The van der Waals surface area contributed by atoms with E-state index in [4.69, 9.17) is 14.6 Å². The summed E-state index contributed by atoms with van der Waals surface area (Å²) in [6.45, 7) is 4.29. The number of aryl methyl sites for hydroxylation is 1. The van der Waals surface area contributed by atoms with E-state index < -0.39 is 12.2 Å². The van der Waals surface area contributed by atoms with Crippen molar-refractivity contribution in [1.29, 1.82) is 0 Å². The molecule has 2 amide bonds. The zero-order valence-electron chi connectivity index (χ0n) is 29.5. The fourth-order valence-electron chi connectivity index (χ4n) is 5.36. The number of carboxylic acid groups (broad SMARTS) is 1. The first-order chi connectivity index (χ1) is 26.2. The van der Waals surface area contributed by atoms with Crippen molar-refractivity contribution in [3.8, 4) is 17.2 Å². The summed E-state index contributed by atoms with van der Waals surface area (Å²) >= 11 is 0. The molecule has 0 saturated heterocycles. The maximum Gasteiger partial charge on any atom is 0.417 e. The molecule has 6 rings (SSSR count). The Morgan fingerprint density at radius 1 is 0.667 bits per heavy atom. The van der Waals surface area contributed by atoms with E-state index in [0.717, 1.165) is 45.3 Å². The van der Waals surface area contributed by atoms with Crippen molar-refractivity contribution in [3.63, 3.8) is 0 Å². The van der Waals surface area contributed by atoms with Gasteiger partial charge >= 0.3 is 12.2 Å². The zero-order chi connectivity index (χ0) is 37.9. The van der Waals surface area contributed by atoms with Crippen LogP contribution < -0.4 is 25.0 Å². The van der Waals surface area contributed by atoms with Crippen LogP contribution in [0.3, 0.4) is 0 Å². The van der Waals surface area contributed by atoms with Crippen LogP contribution in [-0.4, -0.2) is 41.4 Å². The van der Waals surface area contributed by atoms with Crippen molar-refractivity contribution < 1.29 is 29.3 Å². The Balaban J connectivity index is 1.13. The summed E-state index contributed by atoms with van der Waals surface area (Å²) in [5.74, 6) is 1.33. The van der Waals surface area contributed by atoms with Crippen molar-refractivity contribution in [2.24, 2.45) is 9.98 Å². The first-order valence-corrected chi connectivity index (χ1v) is 17.0. The summed E-state index contributed by atoms with van der Waals surface area (Å²) in [5, 5.41) is 23.5. The van der Waals surface area contributed by atoms with Gasteiger partial charge in [0.05, 0.1) is 18.0 Å². The molecule has 0 fully saturated rings. The first kappa shape index (κ1) is 36.4. The molecule has 0 bridgehead atoms. The van der Waals surface area contributed by atoms with Crippen LogP contribution in [0.1, 0.15) is 23.6 Å². The van der Waals surface area contributed by atoms with Gasteiger partial charge < -0.3 is 24.6 Å². The van der Waals surface area contributed by atoms with E-state index in [0.29, 0.717) is 29.3 Å². The molecule has 270 valence electrons. The van der Waals surface area contributed by atoms with Gasteiger partial charge in [-0.2, -0.15) is 0 Å². The Bertz CT molecular complexity index is 2250. The molecular formula is C43H37N5O6. The monoisotopic (exact) mass is 719 g/mol. The first-order valence-electron chi connectivity index (χ1n) is 17.0. The molecule has 4 N–H and O–H groups in total. The fraction of sp³-hybridized carbons (Fsp3) is 0.0698. The lowest BCUT2D eigenvalue weighted by atomic mass is 10.1. The summed E-state index contributed by atoms with van der Waals surface area (Å²) < 4.78 is 11.1. The third-order valence-corrected chi connectivity index (χ3v) is 8.06. The summed E-state index contributed by atoms with van der Waals surface area (Å²) in [7, 11) is 0. The summed E-state index contributed by atoms with van der Waals surface area (Å²) in [6, 6.07) is 42.4. The Morgan fingerprint density at radius 3 is 1.69 bits per heavy atom. The van der Waals surface area contributed by atoms with Crippen molar-refractivity contribution in [3.05, 3.63) is 156 Å². The molecule has 6 aromatic rings. The van der Waals surface area contributed by atoms with Crippen LogP contribution in [0.25, 0.3) is 0 Å². The van der Waals surface area contributed by atoms with E-state index >= 15 is 0 Å². The minimum atomic E-state index is -1.20. The number of nitrogens with zero attached hydrogens (tertiary/aromatic N) is 3. The number of carbonyl (C=O) groups is 2. The van der Waals surface area contributed by atoms with Gasteiger partial charge in [-0.05, 0) is 164 Å². The molecule has 0 saturated carbocycles. The highest BCUT2D eigenvalue weighted by molar-refractivity contribution is 5.90. The lowest BCUT2D eigenvalue weighted by molar-refractivity contribution is 0.209. The minimum absolute atomic E-state index is 0.211. The number of phenols is 1. The van der Waals surface area contributed by atoms with Crippen molar-refractivity contribution in [1.82, 2.24) is 0 Å². The van der Waals surface area contributed by atoms with E-state index in [1.807, 2.05) is 79.7 Å². The highest BCUT2D eigenvalue weighted by Gasteiger charge is 2.13. The second-order valence-corrected chi connectivity index (χ2v) is 11.9. The molecule has 54 heavy (non-hydrogen) atoms. The molecule has 11 heteroatoms. The smallest absolute Gasteiger partial charge is 0.417 e. The number of phenolic OH excluding ortho intramolecular Hbond substituents is 1. The zero-order valence-corrected chi connectivity index (χ0v) is 29.5. The number of anilines is 5. The highest BCUT2D eigenvalue weighted by atomic mass is 16.6. The minimum Gasteiger partial charge on any atom is -0.508 e. The van der Waals surface area contributed by atoms with Gasteiger partial charge in [0, 0.05) is 40.9 Å². The molecular weight excluding hydrogens is 683 g/mol. The normalized spacial score (nSPS) is 11.0. The number of ether oxygens (including phenoxy) is 2. The highest BCUT2D eigenvalue weighted by Crippen LogP contribution is 2.37. The standard InChI is InChI=1S/C43H37N5O6/c1-3-53-39-24-18-37(19-25-39)48(35-14-10-32(11-15-35)44-27-30-5-20-38(49)21-6-30)36-16-12-33(13-17-36)45-28-31-7-22-40(23-8-31)54-43(52)46-34-9-4-29(2)41(26-34)47-42(50)51/h4-28,47,49H,3H2,1-2H3,(H,46,52)(H,50,51). The van der Waals surface area contributed by atoms with Crippen LogP contribution in [-0.2, 0) is 0 Å². The molecule has 6 aromatic carbocycles. The fourth-order valence-corrected chi connectivity index (χ4v) is 5.36. The molecule has 0 aliphatic rings. The molecule has 11 nitrogen and oxygen atoms in total. The number of aromatic hydroxyl groups is 1. The third kappa shape index (κ3) is 9.89. The lowest BCUT2D eigenvalue weighted by Crippen LogP contribution is -2.17. The Hall–Kier alpha value is -7.40. The van der Waals surface area contributed by atoms with E-state index in [9.17, 15) is 14.7 Å². The topological polar surface area (TPSA) is 145 Å². The second kappa shape index (κ2) is 17.2. The van der Waals surface area contributed by atoms with Crippen LogP contribution in [0, 0.1) is 6.92 Å². The Morgan fingerprint density at radius 2 is 1.17 bits per heavy atom. The predicted octanol–water partition coefficient (Wildman–Crippen LogP) is 10.8. The van der Waals surface area contributed by atoms with Gasteiger partial charge in [-0.3, -0.25) is 20.6 Å². The summed E-state index contributed by atoms with van der Waals surface area (Å²) in [5.41, 5.74) is 7.51. The van der Waals surface area contributed by atoms with E-state index in [-0.39, 0.29) is 5.75 Å². The number of benzene rings is 6. The Kier molecular flexibility index (Phi) is 11.6. The van der Waals surface area contributed by atoms with Gasteiger partial charge in [0.2, 0.25) is 0 Å². The van der Waals surface area contributed by atoms with Gasteiger partial charge in [0.15, 0.2) is 0 Å². The van der Waals surface area contributed by atoms with Crippen LogP contribution >= 0.6 is 0 Å². The van der Waals surface area contributed by atoms with Crippen molar-refractivity contribution >= 4 is 64.4 Å². The SMILES string of the molecule is CCOc1ccc(N(c2ccc(N=Cc3ccc(O)cc3)cc2)c2ccc(N=Cc3ccc(OC(=O)Nc4ccc(C)c(NC(=O)O)c4)cc3)cc2)cc1. The largest absolute Gasteiger partial charge is 0.508 e. The molecule has 0 aliphatic carbocycles. The summed E-state index contributed by atoms with van der Waals surface area (Å²) in [4.78, 5) is 34.9. The van der Waals surface area contributed by atoms with E-state index in [1.165, 1.54) is 6.07 Å². The second-order valence-electron chi connectivity index (χ2n) is 11.9. The van der Waals surface area contributed by atoms with Crippen LogP contribution in [0.2, 0.25) is 0 Å². The average molecular weight is 720 g/mol. The number of nitrogens with one attached hydrogen (secondary N) is 2. The van der Waals surface area contributed by atoms with Crippen molar-refractivity contribution in [2.45, 2.75) is 13.8 Å². The Labute approximate surface area is 312 Å². The van der Waals surface area contributed by atoms with Crippen LogP contribution in [0.15, 0.2) is 150 Å². The molecule has 0 radical (unpaired) electrons. The molecule has 0 aromatic heterocycles. The molecule has 0 heterocycles. The van der Waals surface area contributed by atoms with Crippen molar-refractivity contribution in [2.75, 3.05) is 22.1 Å². The van der Waals surface area contributed by atoms with Gasteiger partial charge in [0.25, 0.3) is 0 Å². The maximum atomic E-state index is 12.5. The lowest BCUT2D eigenvalue weighted by Gasteiger charge is -2.25. The number of hydrogen-bond acceptors (Lipinski definition) is 8. The number of rotatable bonds is 12. The van der Waals surface area contributed by atoms with Gasteiger partial charge in [-0.25, -0.2) is 9.59 Å². The molecule has 0 unspecified atom stereocenters. The van der Waals surface area contributed by atoms with Gasteiger partial charge in [-0.1, -0.05) is 6.07 Å². The third-order valence-electron chi connectivity index (χ3n) is 8.06.